The zero-order valence-electron chi connectivity index (χ0n) is 8.38. The maximum Gasteiger partial charge on any atom is 0.156 e. The van der Waals surface area contributed by atoms with Crippen LogP contribution in [0.3, 0.4) is 0 Å². The van der Waals surface area contributed by atoms with Crippen LogP contribution in [0.1, 0.15) is 33.1 Å². The first-order valence-corrected chi connectivity index (χ1v) is 4.64. The SMILES string of the molecule is CC/C=C\CCOC(CC)OC. The third-order valence-electron chi connectivity index (χ3n) is 1.59. The highest BCUT2D eigenvalue weighted by Crippen LogP contribution is 1.99. The van der Waals surface area contributed by atoms with E-state index in [0.717, 1.165) is 25.9 Å². The summed E-state index contributed by atoms with van der Waals surface area (Å²) in [5.74, 6) is 0. The maximum atomic E-state index is 5.41. The maximum absolute atomic E-state index is 5.41. The topological polar surface area (TPSA) is 18.5 Å². The summed E-state index contributed by atoms with van der Waals surface area (Å²) in [7, 11) is 1.68. The first kappa shape index (κ1) is 11.7. The van der Waals surface area contributed by atoms with E-state index in [1.165, 1.54) is 0 Å². The molecule has 0 N–H and O–H groups in total. The Hall–Kier alpha value is -0.340. The van der Waals surface area contributed by atoms with Crippen LogP contribution in [0.2, 0.25) is 0 Å². The fourth-order valence-electron chi connectivity index (χ4n) is 0.905. The summed E-state index contributed by atoms with van der Waals surface area (Å²) in [5, 5.41) is 0. The van der Waals surface area contributed by atoms with Crippen molar-refractivity contribution < 1.29 is 9.47 Å². The molecule has 0 spiro atoms. The summed E-state index contributed by atoms with van der Waals surface area (Å²) in [5.41, 5.74) is 0. The monoisotopic (exact) mass is 172 g/mol. The second-order valence-electron chi connectivity index (χ2n) is 2.61. The quantitative estimate of drug-likeness (QED) is 0.334. The highest BCUT2D eigenvalue weighted by Gasteiger charge is 2.01. The first-order chi connectivity index (χ1) is 5.85. The zero-order chi connectivity index (χ0) is 9.23. The van der Waals surface area contributed by atoms with Gasteiger partial charge in [-0.15, -0.1) is 0 Å². The number of ether oxygens (including phenoxy) is 2. The van der Waals surface area contributed by atoms with Gasteiger partial charge in [0.1, 0.15) is 0 Å². The highest BCUT2D eigenvalue weighted by molar-refractivity contribution is 4.79. The van der Waals surface area contributed by atoms with E-state index in [1.807, 2.05) is 0 Å². The van der Waals surface area contributed by atoms with Gasteiger partial charge in [0, 0.05) is 7.11 Å². The van der Waals surface area contributed by atoms with Crippen LogP contribution in [0.15, 0.2) is 12.2 Å². The van der Waals surface area contributed by atoms with Crippen molar-refractivity contribution in [3.8, 4) is 0 Å². The van der Waals surface area contributed by atoms with Crippen molar-refractivity contribution in [3.05, 3.63) is 12.2 Å². The van der Waals surface area contributed by atoms with Gasteiger partial charge in [0.25, 0.3) is 0 Å². The molecule has 2 heteroatoms. The molecule has 0 rings (SSSR count). The lowest BCUT2D eigenvalue weighted by Crippen LogP contribution is -2.14. The van der Waals surface area contributed by atoms with Crippen molar-refractivity contribution >= 4 is 0 Å². The summed E-state index contributed by atoms with van der Waals surface area (Å²) < 4.78 is 10.5. The standard InChI is InChI=1S/C10H20O2/c1-4-6-7-8-9-12-10(5-2)11-3/h6-7,10H,4-5,8-9H2,1-3H3/b7-6-. The average Bonchev–Trinajstić information content (AvgIpc) is 2.11. The zero-order valence-corrected chi connectivity index (χ0v) is 8.38. The molecule has 0 aromatic heterocycles. The van der Waals surface area contributed by atoms with Crippen molar-refractivity contribution in [1.29, 1.82) is 0 Å². The van der Waals surface area contributed by atoms with Crippen LogP contribution < -0.4 is 0 Å². The van der Waals surface area contributed by atoms with Gasteiger partial charge in [-0.05, 0) is 19.3 Å². The molecule has 0 aromatic carbocycles. The molecule has 0 saturated carbocycles. The molecule has 0 aliphatic carbocycles. The van der Waals surface area contributed by atoms with E-state index in [9.17, 15) is 0 Å². The molecule has 0 aliphatic heterocycles. The van der Waals surface area contributed by atoms with Crippen molar-refractivity contribution in [2.75, 3.05) is 13.7 Å². The highest BCUT2D eigenvalue weighted by atomic mass is 16.7. The van der Waals surface area contributed by atoms with Crippen molar-refractivity contribution in [2.45, 2.75) is 39.4 Å². The van der Waals surface area contributed by atoms with Crippen LogP contribution >= 0.6 is 0 Å². The second-order valence-corrected chi connectivity index (χ2v) is 2.61. The third kappa shape index (κ3) is 6.38. The van der Waals surface area contributed by atoms with Crippen molar-refractivity contribution in [3.63, 3.8) is 0 Å². The Morgan fingerprint density at radius 1 is 1.25 bits per heavy atom. The molecule has 0 bridgehead atoms. The Balaban J connectivity index is 3.23. The van der Waals surface area contributed by atoms with Gasteiger partial charge in [0.2, 0.25) is 0 Å². The minimum atomic E-state index is -0.0278. The molecule has 0 amide bonds. The van der Waals surface area contributed by atoms with Crippen molar-refractivity contribution in [1.82, 2.24) is 0 Å². The molecule has 1 unspecified atom stereocenters. The number of hydrogen-bond donors (Lipinski definition) is 0. The molecule has 0 radical (unpaired) electrons. The summed E-state index contributed by atoms with van der Waals surface area (Å²) in [6.07, 6.45) is 7.25. The lowest BCUT2D eigenvalue weighted by molar-refractivity contribution is -0.123. The van der Waals surface area contributed by atoms with Crippen LogP contribution in [0, 0.1) is 0 Å². The summed E-state index contributed by atoms with van der Waals surface area (Å²) in [6.45, 7) is 4.93. The van der Waals surface area contributed by atoms with Gasteiger partial charge >= 0.3 is 0 Å². The largest absolute Gasteiger partial charge is 0.356 e. The van der Waals surface area contributed by atoms with E-state index in [4.69, 9.17) is 9.47 Å². The molecular formula is C10H20O2. The van der Waals surface area contributed by atoms with Crippen LogP contribution in [0.25, 0.3) is 0 Å². The van der Waals surface area contributed by atoms with E-state index >= 15 is 0 Å². The van der Waals surface area contributed by atoms with Gasteiger partial charge in [-0.2, -0.15) is 0 Å². The number of hydrogen-bond acceptors (Lipinski definition) is 2. The molecule has 12 heavy (non-hydrogen) atoms. The van der Waals surface area contributed by atoms with Gasteiger partial charge in [-0.1, -0.05) is 26.0 Å². The van der Waals surface area contributed by atoms with Crippen LogP contribution in [-0.4, -0.2) is 20.0 Å². The molecule has 0 aliphatic rings. The second kappa shape index (κ2) is 8.75. The van der Waals surface area contributed by atoms with Crippen LogP contribution in [0.4, 0.5) is 0 Å². The Labute approximate surface area is 75.6 Å². The third-order valence-corrected chi connectivity index (χ3v) is 1.59. The first-order valence-electron chi connectivity index (χ1n) is 4.64. The van der Waals surface area contributed by atoms with Crippen molar-refractivity contribution in [2.24, 2.45) is 0 Å². The predicted octanol–water partition coefficient (Wildman–Crippen LogP) is 2.74. The Morgan fingerprint density at radius 2 is 2.00 bits per heavy atom. The molecule has 0 heterocycles. The number of allylic oxidation sites excluding steroid dienone is 1. The lowest BCUT2D eigenvalue weighted by atomic mass is 10.3. The van der Waals surface area contributed by atoms with Gasteiger partial charge in [0.15, 0.2) is 6.29 Å². The minimum absolute atomic E-state index is 0.0278. The summed E-state index contributed by atoms with van der Waals surface area (Å²) in [4.78, 5) is 0. The van der Waals surface area contributed by atoms with E-state index in [2.05, 4.69) is 26.0 Å². The van der Waals surface area contributed by atoms with Crippen LogP contribution in [-0.2, 0) is 9.47 Å². The van der Waals surface area contributed by atoms with E-state index in [1.54, 1.807) is 7.11 Å². The Morgan fingerprint density at radius 3 is 2.50 bits per heavy atom. The molecule has 0 saturated heterocycles. The Bertz CT molecular complexity index is 106. The van der Waals surface area contributed by atoms with E-state index < -0.39 is 0 Å². The molecule has 0 aromatic rings. The lowest BCUT2D eigenvalue weighted by Gasteiger charge is -2.12. The molecule has 1 atom stereocenters. The minimum Gasteiger partial charge on any atom is -0.356 e. The smallest absolute Gasteiger partial charge is 0.156 e. The average molecular weight is 172 g/mol. The molecule has 0 fully saturated rings. The fourth-order valence-corrected chi connectivity index (χ4v) is 0.905. The summed E-state index contributed by atoms with van der Waals surface area (Å²) in [6, 6.07) is 0. The number of rotatable bonds is 7. The normalized spacial score (nSPS) is 13.9. The summed E-state index contributed by atoms with van der Waals surface area (Å²) >= 11 is 0. The van der Waals surface area contributed by atoms with E-state index in [-0.39, 0.29) is 6.29 Å². The predicted molar refractivity (Wildman–Crippen MR) is 51.1 cm³/mol. The van der Waals surface area contributed by atoms with Gasteiger partial charge < -0.3 is 9.47 Å². The van der Waals surface area contributed by atoms with Gasteiger partial charge in [-0.25, -0.2) is 0 Å². The number of methoxy groups -OCH3 is 1. The van der Waals surface area contributed by atoms with Crippen LogP contribution in [0.5, 0.6) is 0 Å². The molecule has 72 valence electrons. The van der Waals surface area contributed by atoms with Gasteiger partial charge in [0.05, 0.1) is 6.61 Å². The van der Waals surface area contributed by atoms with Gasteiger partial charge in [-0.3, -0.25) is 0 Å². The molecule has 2 nitrogen and oxygen atoms in total. The van der Waals surface area contributed by atoms with E-state index in [0.29, 0.717) is 0 Å². The Kier molecular flexibility index (Phi) is 8.51. The fraction of sp³-hybridized carbons (Fsp3) is 0.800. The molecular weight excluding hydrogens is 152 g/mol.